The van der Waals surface area contributed by atoms with Gasteiger partial charge in [0, 0.05) is 48.4 Å². The summed E-state index contributed by atoms with van der Waals surface area (Å²) in [5, 5.41) is 9.43. The first-order chi connectivity index (χ1) is 17.5. The SMILES string of the molecule is CC(F)(F)c1ccc(C23CCC(CN(C(=O)CC45CC(F)(C4)C5)c4cccc(C#N)c4)(CC2)CC3)nc1. The van der Waals surface area contributed by atoms with Gasteiger partial charge in [-0.05, 0) is 98.9 Å². The number of benzene rings is 1. The van der Waals surface area contributed by atoms with E-state index < -0.39 is 11.6 Å². The van der Waals surface area contributed by atoms with Crippen molar-refractivity contribution in [2.24, 2.45) is 10.8 Å². The fourth-order valence-electron chi connectivity index (χ4n) is 7.72. The molecule has 4 nitrogen and oxygen atoms in total. The summed E-state index contributed by atoms with van der Waals surface area (Å²) in [5.41, 5.74) is 0.726. The topological polar surface area (TPSA) is 57.0 Å². The summed E-state index contributed by atoms with van der Waals surface area (Å²) in [5.74, 6) is -2.88. The molecule has 6 aliphatic rings. The predicted molar refractivity (Wildman–Crippen MR) is 134 cm³/mol. The molecule has 8 rings (SSSR count). The van der Waals surface area contributed by atoms with Crippen LogP contribution >= 0.6 is 0 Å². The summed E-state index contributed by atoms with van der Waals surface area (Å²) >= 11 is 0. The Morgan fingerprint density at radius 2 is 1.73 bits per heavy atom. The number of aromatic nitrogens is 1. The van der Waals surface area contributed by atoms with Crippen LogP contribution in [0.2, 0.25) is 0 Å². The second kappa shape index (κ2) is 8.06. The number of amides is 1. The molecule has 0 unspecified atom stereocenters. The first-order valence-corrected chi connectivity index (χ1v) is 13.3. The molecule has 37 heavy (non-hydrogen) atoms. The largest absolute Gasteiger partial charge is 0.312 e. The number of alkyl halides is 3. The van der Waals surface area contributed by atoms with Gasteiger partial charge in [0.15, 0.2) is 0 Å². The molecule has 0 spiro atoms. The standard InChI is InChI=1S/C30H32F3N3O/c1-26(31,32)22-5-6-24(35-16-22)29-10-7-27(8-11-29,9-12-29)20-36(23-4-2-3-21(13-23)15-34)25(37)14-28-17-30(33,18-28)19-28/h2-6,13,16H,7-12,14,17-20H2,1H3. The van der Waals surface area contributed by atoms with E-state index in [4.69, 9.17) is 0 Å². The second-order valence-corrected chi connectivity index (χ2v) is 12.6. The molecule has 0 saturated heterocycles. The summed E-state index contributed by atoms with van der Waals surface area (Å²) in [6, 6.07) is 12.7. The maximum atomic E-state index is 14.1. The third-order valence-electron chi connectivity index (χ3n) is 9.90. The third kappa shape index (κ3) is 4.13. The highest BCUT2D eigenvalue weighted by Gasteiger charge is 2.69. The smallest absolute Gasteiger partial charge is 0.272 e. The van der Waals surface area contributed by atoms with Crippen LogP contribution in [0.25, 0.3) is 0 Å². The number of rotatable bonds is 7. The Kier molecular flexibility index (Phi) is 5.33. The van der Waals surface area contributed by atoms with Crippen LogP contribution in [0, 0.1) is 22.2 Å². The molecule has 0 aliphatic heterocycles. The number of carbonyl (C=O) groups excluding carboxylic acids is 1. The zero-order valence-electron chi connectivity index (χ0n) is 21.2. The van der Waals surface area contributed by atoms with Crippen molar-refractivity contribution < 1.29 is 18.0 Å². The molecule has 194 valence electrons. The molecule has 4 bridgehead atoms. The number of hydrogen-bond donors (Lipinski definition) is 0. The van der Waals surface area contributed by atoms with Gasteiger partial charge < -0.3 is 4.90 Å². The van der Waals surface area contributed by atoms with Crippen LogP contribution < -0.4 is 4.90 Å². The summed E-state index contributed by atoms with van der Waals surface area (Å²) in [7, 11) is 0. The first kappa shape index (κ1) is 24.5. The number of halogens is 3. The molecular formula is C30H32F3N3O. The number of nitrogens with zero attached hydrogens (tertiary/aromatic N) is 3. The lowest BCUT2D eigenvalue weighted by Crippen LogP contribution is -2.65. The predicted octanol–water partition coefficient (Wildman–Crippen LogP) is 6.97. The zero-order valence-corrected chi connectivity index (χ0v) is 21.2. The van der Waals surface area contributed by atoms with Gasteiger partial charge in [-0.1, -0.05) is 6.07 Å². The minimum Gasteiger partial charge on any atom is -0.312 e. The van der Waals surface area contributed by atoms with E-state index >= 15 is 0 Å². The molecule has 6 saturated carbocycles. The van der Waals surface area contributed by atoms with Crippen molar-refractivity contribution in [2.45, 2.75) is 88.1 Å². The number of anilines is 1. The van der Waals surface area contributed by atoms with Crippen molar-refractivity contribution in [1.29, 1.82) is 5.26 Å². The molecule has 1 heterocycles. The van der Waals surface area contributed by atoms with E-state index in [2.05, 4.69) is 11.1 Å². The normalized spacial score (nSPS) is 33.7. The Labute approximate surface area is 215 Å². The van der Waals surface area contributed by atoms with Crippen LogP contribution in [0.4, 0.5) is 18.9 Å². The Hall–Kier alpha value is -2.88. The third-order valence-corrected chi connectivity index (χ3v) is 9.90. The van der Waals surface area contributed by atoms with Crippen molar-refractivity contribution in [3.63, 3.8) is 0 Å². The zero-order chi connectivity index (χ0) is 26.1. The van der Waals surface area contributed by atoms with Crippen LogP contribution in [-0.2, 0) is 16.1 Å². The minimum absolute atomic E-state index is 0.0198. The van der Waals surface area contributed by atoms with E-state index in [1.54, 1.807) is 18.2 Å². The highest BCUT2D eigenvalue weighted by atomic mass is 19.3. The van der Waals surface area contributed by atoms with Crippen molar-refractivity contribution in [3.8, 4) is 6.07 Å². The van der Waals surface area contributed by atoms with E-state index in [9.17, 15) is 23.2 Å². The van der Waals surface area contributed by atoms with E-state index in [-0.39, 0.29) is 27.7 Å². The summed E-state index contributed by atoms with van der Waals surface area (Å²) < 4.78 is 41.5. The van der Waals surface area contributed by atoms with Crippen LogP contribution in [0.1, 0.15) is 88.0 Å². The maximum absolute atomic E-state index is 14.1. The van der Waals surface area contributed by atoms with Gasteiger partial charge in [0.25, 0.3) is 5.92 Å². The number of pyridine rings is 1. The summed E-state index contributed by atoms with van der Waals surface area (Å²) in [6.45, 7) is 1.47. The molecule has 0 atom stereocenters. The highest BCUT2D eigenvalue weighted by molar-refractivity contribution is 5.94. The molecule has 2 aromatic rings. The van der Waals surface area contributed by atoms with E-state index in [1.165, 1.54) is 12.3 Å². The van der Waals surface area contributed by atoms with Crippen molar-refractivity contribution in [2.75, 3.05) is 11.4 Å². The average molecular weight is 508 g/mol. The molecule has 6 aliphatic carbocycles. The molecule has 1 aromatic carbocycles. The maximum Gasteiger partial charge on any atom is 0.272 e. The number of hydrogen-bond acceptors (Lipinski definition) is 3. The van der Waals surface area contributed by atoms with Crippen LogP contribution in [-0.4, -0.2) is 23.1 Å². The summed E-state index contributed by atoms with van der Waals surface area (Å²) in [4.78, 5) is 20.0. The van der Waals surface area contributed by atoms with Gasteiger partial charge in [-0.2, -0.15) is 5.26 Å². The molecule has 7 heteroatoms. The van der Waals surface area contributed by atoms with Gasteiger partial charge in [0.05, 0.1) is 11.6 Å². The van der Waals surface area contributed by atoms with E-state index in [1.807, 2.05) is 17.0 Å². The quantitative estimate of drug-likeness (QED) is 0.407. The van der Waals surface area contributed by atoms with E-state index in [0.29, 0.717) is 37.8 Å². The molecule has 1 aromatic heterocycles. The van der Waals surface area contributed by atoms with Gasteiger partial charge in [-0.3, -0.25) is 9.78 Å². The highest BCUT2D eigenvalue weighted by Crippen LogP contribution is 2.71. The van der Waals surface area contributed by atoms with Gasteiger partial charge in [0.1, 0.15) is 5.67 Å². The Balaban J connectivity index is 1.21. The number of fused-ring (bicyclic) bond motifs is 3. The van der Waals surface area contributed by atoms with Crippen molar-refractivity contribution in [1.82, 2.24) is 4.98 Å². The molecule has 6 fully saturated rings. The molecule has 0 N–H and O–H groups in total. The minimum atomic E-state index is -2.90. The molecule has 0 radical (unpaired) electrons. The average Bonchev–Trinajstić information content (AvgIpc) is 2.86. The Morgan fingerprint density at radius 1 is 1.05 bits per heavy atom. The van der Waals surface area contributed by atoms with Crippen LogP contribution in [0.5, 0.6) is 0 Å². The van der Waals surface area contributed by atoms with Crippen molar-refractivity contribution >= 4 is 11.6 Å². The van der Waals surface area contributed by atoms with Gasteiger partial charge in [-0.15, -0.1) is 0 Å². The van der Waals surface area contributed by atoms with Crippen LogP contribution in [0.3, 0.4) is 0 Å². The van der Waals surface area contributed by atoms with Crippen molar-refractivity contribution in [3.05, 3.63) is 59.4 Å². The first-order valence-electron chi connectivity index (χ1n) is 13.3. The Bertz CT molecular complexity index is 1230. The molecular weight excluding hydrogens is 475 g/mol. The van der Waals surface area contributed by atoms with Gasteiger partial charge in [-0.25, -0.2) is 13.2 Å². The van der Waals surface area contributed by atoms with Gasteiger partial charge >= 0.3 is 0 Å². The monoisotopic (exact) mass is 507 g/mol. The second-order valence-electron chi connectivity index (χ2n) is 12.6. The molecule has 1 amide bonds. The van der Waals surface area contributed by atoms with Gasteiger partial charge in [0.2, 0.25) is 5.91 Å². The lowest BCUT2D eigenvalue weighted by atomic mass is 9.41. The lowest BCUT2D eigenvalue weighted by molar-refractivity contribution is -0.215. The fraction of sp³-hybridized carbons (Fsp3) is 0.567. The van der Waals surface area contributed by atoms with E-state index in [0.717, 1.165) is 56.8 Å². The summed E-state index contributed by atoms with van der Waals surface area (Å²) in [6.07, 6.45) is 8.67. The number of carbonyl (C=O) groups is 1. The fourth-order valence-corrected chi connectivity index (χ4v) is 7.72. The Morgan fingerprint density at radius 3 is 2.27 bits per heavy atom. The lowest BCUT2D eigenvalue weighted by Gasteiger charge is -2.66. The van der Waals surface area contributed by atoms with Crippen LogP contribution in [0.15, 0.2) is 42.6 Å². The number of nitriles is 1.